The van der Waals surface area contributed by atoms with Crippen LogP contribution in [0.25, 0.3) is 0 Å². The predicted molar refractivity (Wildman–Crippen MR) is 109 cm³/mol. The summed E-state index contributed by atoms with van der Waals surface area (Å²) in [6.07, 6.45) is 0.775. The number of aliphatic imine (C=N–C) groups is 1. The summed E-state index contributed by atoms with van der Waals surface area (Å²) < 4.78 is 22.9. The first-order valence-corrected chi connectivity index (χ1v) is 9.64. The van der Waals surface area contributed by atoms with Crippen LogP contribution < -0.4 is 10.6 Å². The molecule has 0 spiro atoms. The van der Waals surface area contributed by atoms with Crippen LogP contribution in [0.3, 0.4) is 0 Å². The van der Waals surface area contributed by atoms with Gasteiger partial charge in [0.1, 0.15) is 0 Å². The van der Waals surface area contributed by atoms with Crippen molar-refractivity contribution in [2.75, 3.05) is 31.1 Å². The minimum atomic E-state index is -2.98. The Morgan fingerprint density at radius 3 is 2.52 bits per heavy atom. The van der Waals surface area contributed by atoms with Crippen molar-refractivity contribution in [3.05, 3.63) is 34.9 Å². The van der Waals surface area contributed by atoms with Gasteiger partial charge in [0.25, 0.3) is 0 Å². The first-order chi connectivity index (χ1) is 10.5. The second-order valence-corrected chi connectivity index (χ2v) is 7.65. The third kappa shape index (κ3) is 9.36. The van der Waals surface area contributed by atoms with Gasteiger partial charge in [-0.1, -0.05) is 36.7 Å². The van der Waals surface area contributed by atoms with Crippen molar-refractivity contribution >= 4 is 51.4 Å². The number of nitrogens with one attached hydrogen (secondary N) is 2. The van der Waals surface area contributed by atoms with Gasteiger partial charge in [-0.2, -0.15) is 0 Å². The van der Waals surface area contributed by atoms with Gasteiger partial charge in [-0.3, -0.25) is 4.99 Å². The maximum Gasteiger partial charge on any atom is 0.191 e. The third-order valence-electron chi connectivity index (χ3n) is 3.10. The molecule has 0 saturated heterocycles. The molecule has 8 heteroatoms. The summed E-state index contributed by atoms with van der Waals surface area (Å²) in [7, 11) is -2.98. The summed E-state index contributed by atoms with van der Waals surface area (Å²) in [6, 6.07) is 7.71. The van der Waals surface area contributed by atoms with Gasteiger partial charge >= 0.3 is 0 Å². The number of halogens is 2. The SMILES string of the molecule is CCNC(=NCCS(=O)(=O)CC)NCCc1ccccc1Cl.I. The van der Waals surface area contributed by atoms with Gasteiger partial charge < -0.3 is 10.6 Å². The van der Waals surface area contributed by atoms with E-state index >= 15 is 0 Å². The number of rotatable bonds is 8. The quantitative estimate of drug-likeness (QED) is 0.346. The van der Waals surface area contributed by atoms with Crippen molar-refractivity contribution < 1.29 is 8.42 Å². The van der Waals surface area contributed by atoms with E-state index in [9.17, 15) is 8.42 Å². The molecule has 0 aliphatic rings. The molecule has 0 saturated carbocycles. The van der Waals surface area contributed by atoms with E-state index in [0.29, 0.717) is 12.5 Å². The van der Waals surface area contributed by atoms with Crippen molar-refractivity contribution in [2.24, 2.45) is 4.99 Å². The zero-order valence-electron chi connectivity index (χ0n) is 13.5. The summed E-state index contributed by atoms with van der Waals surface area (Å²) in [4.78, 5) is 4.28. The molecule has 5 nitrogen and oxygen atoms in total. The molecule has 0 atom stereocenters. The summed E-state index contributed by atoms with van der Waals surface area (Å²) >= 11 is 6.11. The van der Waals surface area contributed by atoms with Gasteiger partial charge in [-0.15, -0.1) is 24.0 Å². The summed E-state index contributed by atoms with van der Waals surface area (Å²) in [5, 5.41) is 7.04. The van der Waals surface area contributed by atoms with Crippen LogP contribution in [0.15, 0.2) is 29.3 Å². The van der Waals surface area contributed by atoms with Gasteiger partial charge in [0.2, 0.25) is 0 Å². The molecule has 1 aromatic rings. The van der Waals surface area contributed by atoms with E-state index in [2.05, 4.69) is 15.6 Å². The summed E-state index contributed by atoms with van der Waals surface area (Å²) in [5.41, 5.74) is 1.07. The molecule has 0 heterocycles. The Labute approximate surface area is 161 Å². The Morgan fingerprint density at radius 2 is 1.91 bits per heavy atom. The van der Waals surface area contributed by atoms with E-state index in [0.717, 1.165) is 23.6 Å². The number of hydrogen-bond donors (Lipinski definition) is 2. The molecule has 0 aliphatic carbocycles. The predicted octanol–water partition coefficient (Wildman–Crippen LogP) is 2.49. The third-order valence-corrected chi connectivity index (χ3v) is 5.15. The molecule has 0 fully saturated rings. The number of benzene rings is 1. The fraction of sp³-hybridized carbons (Fsp3) is 0.533. The van der Waals surface area contributed by atoms with Crippen LogP contribution in [0.1, 0.15) is 19.4 Å². The highest BCUT2D eigenvalue weighted by molar-refractivity contribution is 14.0. The van der Waals surface area contributed by atoms with Crippen molar-refractivity contribution in [2.45, 2.75) is 20.3 Å². The van der Waals surface area contributed by atoms with Crippen LogP contribution in [0.5, 0.6) is 0 Å². The van der Waals surface area contributed by atoms with Crippen molar-refractivity contribution in [1.82, 2.24) is 10.6 Å². The maximum atomic E-state index is 11.5. The van der Waals surface area contributed by atoms with E-state index in [1.165, 1.54) is 0 Å². The second kappa shape index (κ2) is 11.9. The Morgan fingerprint density at radius 1 is 1.22 bits per heavy atom. The van der Waals surface area contributed by atoms with Gasteiger partial charge in [-0.05, 0) is 25.0 Å². The molecule has 1 aromatic carbocycles. The van der Waals surface area contributed by atoms with E-state index in [1.54, 1.807) is 6.92 Å². The Bertz CT molecular complexity index is 594. The van der Waals surface area contributed by atoms with E-state index in [4.69, 9.17) is 11.6 Å². The van der Waals surface area contributed by atoms with Crippen LogP contribution in [0.4, 0.5) is 0 Å². The molecule has 0 unspecified atom stereocenters. The average Bonchev–Trinajstić information content (AvgIpc) is 2.49. The minimum Gasteiger partial charge on any atom is -0.357 e. The molecule has 0 bridgehead atoms. The van der Waals surface area contributed by atoms with Crippen molar-refractivity contribution in [3.63, 3.8) is 0 Å². The second-order valence-electron chi connectivity index (χ2n) is 4.77. The minimum absolute atomic E-state index is 0. The first-order valence-electron chi connectivity index (χ1n) is 7.44. The molecular weight excluding hydrogens is 449 g/mol. The average molecular weight is 474 g/mol. The maximum absolute atomic E-state index is 11.5. The van der Waals surface area contributed by atoms with Crippen molar-refractivity contribution in [3.8, 4) is 0 Å². The lowest BCUT2D eigenvalue weighted by Gasteiger charge is -2.11. The summed E-state index contributed by atoms with van der Waals surface area (Å²) in [5.74, 6) is 0.852. The monoisotopic (exact) mass is 473 g/mol. The number of nitrogens with zero attached hydrogens (tertiary/aromatic N) is 1. The van der Waals surface area contributed by atoms with E-state index in [1.807, 2.05) is 31.2 Å². The van der Waals surface area contributed by atoms with E-state index in [-0.39, 0.29) is 42.0 Å². The van der Waals surface area contributed by atoms with Crippen LogP contribution in [-0.4, -0.2) is 45.5 Å². The number of hydrogen-bond acceptors (Lipinski definition) is 3. The highest BCUT2D eigenvalue weighted by atomic mass is 127. The lowest BCUT2D eigenvalue weighted by molar-refractivity contribution is 0.597. The van der Waals surface area contributed by atoms with Crippen LogP contribution >= 0.6 is 35.6 Å². The van der Waals surface area contributed by atoms with Gasteiger partial charge in [0, 0.05) is 23.9 Å². The highest BCUT2D eigenvalue weighted by Crippen LogP contribution is 2.14. The largest absolute Gasteiger partial charge is 0.357 e. The Balaban J connectivity index is 0.00000484. The highest BCUT2D eigenvalue weighted by Gasteiger charge is 2.06. The standard InChI is InChI=1S/C15H24ClN3O2S.HI/c1-3-17-15(19-11-12-22(20,21)4-2)18-10-9-13-7-5-6-8-14(13)16;/h5-8H,3-4,9-12H2,1-2H3,(H2,17,18,19);1H. The van der Waals surface area contributed by atoms with Crippen LogP contribution in [-0.2, 0) is 16.3 Å². The molecule has 2 N–H and O–H groups in total. The first kappa shape index (κ1) is 22.5. The molecule has 0 aromatic heterocycles. The van der Waals surface area contributed by atoms with Gasteiger partial charge in [-0.25, -0.2) is 8.42 Å². The van der Waals surface area contributed by atoms with E-state index < -0.39 is 9.84 Å². The fourth-order valence-electron chi connectivity index (χ4n) is 1.80. The zero-order chi connectivity index (χ0) is 16.4. The molecule has 0 aliphatic heterocycles. The van der Waals surface area contributed by atoms with Gasteiger partial charge in [0.05, 0.1) is 12.3 Å². The normalized spacial score (nSPS) is 11.7. The Kier molecular flexibility index (Phi) is 11.6. The van der Waals surface area contributed by atoms with Crippen molar-refractivity contribution in [1.29, 1.82) is 0 Å². The lowest BCUT2D eigenvalue weighted by Crippen LogP contribution is -2.38. The number of sulfone groups is 1. The van der Waals surface area contributed by atoms with Crippen LogP contribution in [0, 0.1) is 0 Å². The fourth-order valence-corrected chi connectivity index (χ4v) is 2.69. The number of guanidine groups is 1. The summed E-state index contributed by atoms with van der Waals surface area (Å²) in [6.45, 7) is 5.27. The zero-order valence-corrected chi connectivity index (χ0v) is 17.4. The van der Waals surface area contributed by atoms with Crippen LogP contribution in [0.2, 0.25) is 5.02 Å². The lowest BCUT2D eigenvalue weighted by atomic mass is 10.1. The molecule has 0 amide bonds. The molecule has 132 valence electrons. The molecular formula is C15H25ClIN3O2S. The molecule has 0 radical (unpaired) electrons. The topological polar surface area (TPSA) is 70.6 Å². The molecule has 23 heavy (non-hydrogen) atoms. The molecule has 1 rings (SSSR count). The van der Waals surface area contributed by atoms with Gasteiger partial charge in [0.15, 0.2) is 15.8 Å². The Hall–Kier alpha value is -0.540. The smallest absolute Gasteiger partial charge is 0.191 e.